The second-order valence-corrected chi connectivity index (χ2v) is 5.77. The predicted molar refractivity (Wildman–Crippen MR) is 83.0 cm³/mol. The van der Waals surface area contributed by atoms with Gasteiger partial charge in [-0.15, -0.1) is 0 Å². The van der Waals surface area contributed by atoms with E-state index in [1.54, 1.807) is 0 Å². The topological polar surface area (TPSA) is 58.6 Å². The van der Waals surface area contributed by atoms with Crippen molar-refractivity contribution in [1.29, 1.82) is 0 Å². The highest BCUT2D eigenvalue weighted by atomic mass is 16.5. The van der Waals surface area contributed by atoms with E-state index in [1.165, 1.54) is 7.11 Å². The summed E-state index contributed by atoms with van der Waals surface area (Å²) in [5.41, 5.74) is 0.230. The lowest BCUT2D eigenvalue weighted by Gasteiger charge is -2.29. The molecule has 1 amide bonds. The van der Waals surface area contributed by atoms with E-state index in [-0.39, 0.29) is 11.9 Å². The lowest BCUT2D eigenvalue weighted by atomic mass is 9.91. The molecule has 0 heterocycles. The lowest BCUT2D eigenvalue weighted by molar-refractivity contribution is -0.140. The molecule has 0 saturated heterocycles. The highest BCUT2D eigenvalue weighted by molar-refractivity contribution is 5.94. The molecule has 0 bridgehead atoms. The number of nitrogens with zero attached hydrogens (tertiary/aromatic N) is 1. The number of ether oxygens (including phenoxy) is 1. The van der Waals surface area contributed by atoms with E-state index in [4.69, 9.17) is 0 Å². The number of para-hydroxylation sites is 1. The van der Waals surface area contributed by atoms with E-state index < -0.39 is 5.41 Å². The fourth-order valence-corrected chi connectivity index (χ4v) is 2.03. The monoisotopic (exact) mass is 292 g/mol. The molecule has 1 rings (SSSR count). The van der Waals surface area contributed by atoms with Crippen LogP contribution in [0.1, 0.15) is 20.3 Å². The van der Waals surface area contributed by atoms with Crippen LogP contribution in [-0.4, -0.2) is 44.0 Å². The fourth-order valence-electron chi connectivity index (χ4n) is 2.03. The first kappa shape index (κ1) is 17.2. The van der Waals surface area contributed by atoms with Crippen LogP contribution in [0.4, 0.5) is 5.69 Å². The highest BCUT2D eigenvalue weighted by Crippen LogP contribution is 2.20. The smallest absolute Gasteiger partial charge is 0.306 e. The van der Waals surface area contributed by atoms with Gasteiger partial charge in [0.25, 0.3) is 0 Å². The molecule has 1 aromatic carbocycles. The summed E-state index contributed by atoms with van der Waals surface area (Å²) in [7, 11) is 3.26. The van der Waals surface area contributed by atoms with Crippen molar-refractivity contribution >= 4 is 17.6 Å². The molecule has 0 atom stereocenters. The third-order valence-electron chi connectivity index (χ3n) is 3.24. The Kier molecular flexibility index (Phi) is 6.37. The van der Waals surface area contributed by atoms with Gasteiger partial charge < -0.3 is 15.0 Å². The van der Waals surface area contributed by atoms with Gasteiger partial charge >= 0.3 is 5.97 Å². The van der Waals surface area contributed by atoms with Gasteiger partial charge in [0.1, 0.15) is 0 Å². The molecule has 0 aliphatic heterocycles. The molecule has 5 heteroatoms. The Labute approximate surface area is 126 Å². The Balaban J connectivity index is 2.51. The van der Waals surface area contributed by atoms with Crippen molar-refractivity contribution in [3.63, 3.8) is 0 Å². The van der Waals surface area contributed by atoms with Crippen LogP contribution >= 0.6 is 0 Å². The molecule has 0 saturated carbocycles. The number of hydrogen-bond donors (Lipinski definition) is 1. The van der Waals surface area contributed by atoms with E-state index in [9.17, 15) is 9.59 Å². The van der Waals surface area contributed by atoms with Gasteiger partial charge in [-0.25, -0.2) is 0 Å². The van der Waals surface area contributed by atoms with Crippen LogP contribution in [0.5, 0.6) is 0 Å². The number of methoxy groups -OCH3 is 1. The summed E-state index contributed by atoms with van der Waals surface area (Å²) in [5.74, 6) is -0.285. The molecule has 0 aliphatic rings. The van der Waals surface area contributed by atoms with Crippen molar-refractivity contribution in [2.45, 2.75) is 20.3 Å². The number of esters is 1. The van der Waals surface area contributed by atoms with Gasteiger partial charge in [0, 0.05) is 18.8 Å². The maximum Gasteiger partial charge on any atom is 0.306 e. The SMILES string of the molecule is COC(=O)CCN(C)CC(C)(C)C(=O)Nc1ccccc1. The minimum Gasteiger partial charge on any atom is -0.469 e. The van der Waals surface area contributed by atoms with Crippen molar-refractivity contribution in [3.8, 4) is 0 Å². The average Bonchev–Trinajstić information content (AvgIpc) is 2.45. The Hall–Kier alpha value is -1.88. The van der Waals surface area contributed by atoms with Gasteiger partial charge in [0.15, 0.2) is 0 Å². The second-order valence-electron chi connectivity index (χ2n) is 5.77. The Morgan fingerprint density at radius 3 is 2.43 bits per heavy atom. The van der Waals surface area contributed by atoms with Crippen molar-refractivity contribution in [2.24, 2.45) is 5.41 Å². The van der Waals surface area contributed by atoms with Crippen LogP contribution in [0.15, 0.2) is 30.3 Å². The molecule has 1 aromatic rings. The number of benzene rings is 1. The largest absolute Gasteiger partial charge is 0.469 e. The van der Waals surface area contributed by atoms with E-state index in [1.807, 2.05) is 56.1 Å². The lowest BCUT2D eigenvalue weighted by Crippen LogP contribution is -2.41. The normalized spacial score (nSPS) is 11.3. The maximum atomic E-state index is 12.3. The standard InChI is InChI=1S/C16H24N2O3/c1-16(2,12-18(3)11-10-14(19)21-4)15(20)17-13-8-6-5-7-9-13/h5-9H,10-12H2,1-4H3,(H,17,20). The Bertz CT molecular complexity index is 472. The minimum absolute atomic E-state index is 0.0429. The molecule has 0 aliphatic carbocycles. The number of rotatable bonds is 7. The summed E-state index contributed by atoms with van der Waals surface area (Å²) >= 11 is 0. The first-order valence-corrected chi connectivity index (χ1v) is 6.97. The summed E-state index contributed by atoms with van der Waals surface area (Å²) < 4.78 is 4.61. The summed E-state index contributed by atoms with van der Waals surface area (Å²) in [6, 6.07) is 9.38. The number of nitrogens with one attached hydrogen (secondary N) is 1. The molecule has 0 aromatic heterocycles. The van der Waals surface area contributed by atoms with Crippen molar-refractivity contribution in [2.75, 3.05) is 32.6 Å². The summed E-state index contributed by atoms with van der Waals surface area (Å²) in [6.07, 6.45) is 0.323. The molecule has 5 nitrogen and oxygen atoms in total. The first-order chi connectivity index (χ1) is 9.85. The van der Waals surface area contributed by atoms with Crippen molar-refractivity contribution < 1.29 is 14.3 Å². The van der Waals surface area contributed by atoms with Gasteiger partial charge in [-0.3, -0.25) is 9.59 Å². The zero-order chi connectivity index (χ0) is 15.9. The number of anilines is 1. The van der Waals surface area contributed by atoms with E-state index in [0.29, 0.717) is 19.5 Å². The molecule has 0 spiro atoms. The van der Waals surface area contributed by atoms with Crippen LogP contribution in [0.25, 0.3) is 0 Å². The zero-order valence-electron chi connectivity index (χ0n) is 13.2. The van der Waals surface area contributed by atoms with Crippen molar-refractivity contribution in [3.05, 3.63) is 30.3 Å². The minimum atomic E-state index is -0.555. The number of hydrogen-bond acceptors (Lipinski definition) is 4. The molecular weight excluding hydrogens is 268 g/mol. The van der Waals surface area contributed by atoms with Gasteiger partial charge in [-0.1, -0.05) is 18.2 Å². The zero-order valence-corrected chi connectivity index (χ0v) is 13.2. The van der Waals surface area contributed by atoms with Crippen LogP contribution in [0.3, 0.4) is 0 Å². The third-order valence-corrected chi connectivity index (χ3v) is 3.24. The van der Waals surface area contributed by atoms with E-state index in [0.717, 1.165) is 5.69 Å². The van der Waals surface area contributed by atoms with E-state index in [2.05, 4.69) is 10.1 Å². The van der Waals surface area contributed by atoms with Crippen molar-refractivity contribution in [1.82, 2.24) is 4.90 Å². The second kappa shape index (κ2) is 7.78. The molecule has 116 valence electrons. The average molecular weight is 292 g/mol. The van der Waals surface area contributed by atoms with E-state index >= 15 is 0 Å². The Morgan fingerprint density at radius 2 is 1.86 bits per heavy atom. The summed E-state index contributed by atoms with van der Waals surface area (Å²) in [4.78, 5) is 25.4. The van der Waals surface area contributed by atoms with Gasteiger partial charge in [-0.2, -0.15) is 0 Å². The van der Waals surface area contributed by atoms with Crippen LogP contribution in [0.2, 0.25) is 0 Å². The van der Waals surface area contributed by atoms with Crippen LogP contribution in [0, 0.1) is 5.41 Å². The summed E-state index contributed by atoms with van der Waals surface area (Å²) in [6.45, 7) is 4.90. The quantitative estimate of drug-likeness (QED) is 0.782. The molecule has 21 heavy (non-hydrogen) atoms. The molecular formula is C16H24N2O3. The third kappa shape index (κ3) is 5.95. The maximum absolute atomic E-state index is 12.3. The number of carbonyl (C=O) groups is 2. The fraction of sp³-hybridized carbons (Fsp3) is 0.500. The van der Waals surface area contributed by atoms with Gasteiger partial charge in [-0.05, 0) is 33.0 Å². The first-order valence-electron chi connectivity index (χ1n) is 6.97. The summed E-state index contributed by atoms with van der Waals surface area (Å²) in [5, 5.41) is 2.91. The van der Waals surface area contributed by atoms with Crippen LogP contribution in [-0.2, 0) is 14.3 Å². The van der Waals surface area contributed by atoms with Gasteiger partial charge in [0.05, 0.1) is 18.9 Å². The van der Waals surface area contributed by atoms with Crippen LogP contribution < -0.4 is 5.32 Å². The molecule has 1 N–H and O–H groups in total. The number of carbonyl (C=O) groups excluding carboxylic acids is 2. The molecule has 0 radical (unpaired) electrons. The molecule has 0 fully saturated rings. The number of amides is 1. The predicted octanol–water partition coefficient (Wildman–Crippen LogP) is 2.15. The highest BCUT2D eigenvalue weighted by Gasteiger charge is 2.29. The van der Waals surface area contributed by atoms with Gasteiger partial charge in [0.2, 0.25) is 5.91 Å². The Morgan fingerprint density at radius 1 is 1.24 bits per heavy atom. The molecule has 0 unspecified atom stereocenters.